The van der Waals surface area contributed by atoms with Crippen LogP contribution in [0.25, 0.3) is 0 Å². The average Bonchev–Trinajstić information content (AvgIpc) is 3.40. The summed E-state index contributed by atoms with van der Waals surface area (Å²) < 4.78 is 76.5. The number of methoxy groups -OCH3 is 1. The van der Waals surface area contributed by atoms with Crippen LogP contribution in [0, 0.1) is 71.0 Å². The molecule has 0 aromatic heterocycles. The zero-order valence-electron chi connectivity index (χ0n) is 49.3. The first-order chi connectivity index (χ1) is 36.4. The van der Waals surface area contributed by atoms with Gasteiger partial charge in [0.25, 0.3) is 0 Å². The van der Waals surface area contributed by atoms with Gasteiger partial charge in [-0.3, -0.25) is 19.2 Å². The quantitative estimate of drug-likeness (QED) is 0.0700. The maximum absolute atomic E-state index is 13.9. The molecule has 77 heavy (non-hydrogen) atoms. The summed E-state index contributed by atoms with van der Waals surface area (Å²) >= 11 is 0. The Labute approximate surface area is 459 Å². The fourth-order valence-corrected chi connectivity index (χ4v) is 12.7. The fourth-order valence-electron chi connectivity index (χ4n) is 12.7. The summed E-state index contributed by atoms with van der Waals surface area (Å²) in [4.78, 5) is 63.7. The molecule has 438 valence electrons. The zero-order valence-corrected chi connectivity index (χ0v) is 49.3. The van der Waals surface area contributed by atoms with Crippen LogP contribution >= 0.6 is 0 Å². The predicted molar refractivity (Wildman–Crippen MR) is 286 cm³/mol. The lowest BCUT2D eigenvalue weighted by atomic mass is 9.69. The highest BCUT2D eigenvalue weighted by molar-refractivity contribution is 5.89. The first-order valence-electron chi connectivity index (χ1n) is 28.7. The number of hydrogen-bond acceptors (Lipinski definition) is 17. The summed E-state index contributed by atoms with van der Waals surface area (Å²) in [7, 11) is 1.60. The minimum Gasteiger partial charge on any atom is -0.465 e. The molecule has 4 fully saturated rings. The molecule has 2 heterocycles. The van der Waals surface area contributed by atoms with Gasteiger partial charge >= 0.3 is 29.8 Å². The van der Waals surface area contributed by atoms with E-state index in [9.17, 15) is 24.0 Å². The van der Waals surface area contributed by atoms with E-state index in [0.29, 0.717) is 42.1 Å². The topological polar surface area (TPSA) is 196 Å². The van der Waals surface area contributed by atoms with E-state index in [2.05, 4.69) is 55.4 Å². The van der Waals surface area contributed by atoms with Crippen LogP contribution in [0.2, 0.25) is 0 Å². The summed E-state index contributed by atoms with van der Waals surface area (Å²) in [6.45, 7) is 30.7. The minimum atomic E-state index is -0.851. The monoisotopic (exact) mass is 1090 g/mol. The van der Waals surface area contributed by atoms with E-state index in [1.54, 1.807) is 31.4 Å². The number of esters is 5. The largest absolute Gasteiger partial charge is 0.465 e. The Morgan fingerprint density at radius 1 is 0.558 bits per heavy atom. The average molecular weight is 1090 g/mol. The molecule has 2 aliphatic heterocycles. The molecule has 0 spiro atoms. The van der Waals surface area contributed by atoms with Crippen molar-refractivity contribution in [3.05, 3.63) is 35.9 Å². The van der Waals surface area contributed by atoms with Crippen molar-refractivity contribution in [2.75, 3.05) is 33.5 Å². The molecular weight excluding hydrogens is 993 g/mol. The van der Waals surface area contributed by atoms with Crippen molar-refractivity contribution >= 4 is 29.8 Å². The van der Waals surface area contributed by atoms with Crippen LogP contribution in [0.4, 0.5) is 0 Å². The number of hydrogen-bond donors (Lipinski definition) is 0. The molecule has 0 amide bonds. The molecule has 4 aliphatic rings. The Bertz CT molecular complexity index is 2020. The summed E-state index contributed by atoms with van der Waals surface area (Å²) in [6.07, 6.45) is -3.88. The van der Waals surface area contributed by atoms with Crippen LogP contribution in [0.1, 0.15) is 147 Å². The van der Waals surface area contributed by atoms with Gasteiger partial charge < -0.3 is 56.8 Å². The lowest BCUT2D eigenvalue weighted by Crippen LogP contribution is -2.57. The summed E-state index contributed by atoms with van der Waals surface area (Å²) in [5.41, 5.74) is 0.369. The molecule has 2 saturated heterocycles. The van der Waals surface area contributed by atoms with Gasteiger partial charge in [0, 0.05) is 70.3 Å². The number of carbonyl (C=O) groups is 5. The number of rotatable bonds is 24. The van der Waals surface area contributed by atoms with Gasteiger partial charge in [0.15, 0.2) is 12.6 Å². The van der Waals surface area contributed by atoms with Gasteiger partial charge in [-0.1, -0.05) is 108 Å². The second kappa shape index (κ2) is 29.7. The van der Waals surface area contributed by atoms with Crippen LogP contribution < -0.4 is 0 Å². The third-order valence-electron chi connectivity index (χ3n) is 18.1. The second-order valence-corrected chi connectivity index (χ2v) is 23.3. The summed E-state index contributed by atoms with van der Waals surface area (Å²) in [5, 5.41) is 0. The van der Waals surface area contributed by atoms with Crippen molar-refractivity contribution in [3.63, 3.8) is 0 Å². The summed E-state index contributed by atoms with van der Waals surface area (Å²) in [5.74, 6) is -2.74. The van der Waals surface area contributed by atoms with Crippen molar-refractivity contribution in [2.45, 2.75) is 210 Å². The molecule has 17 nitrogen and oxygen atoms in total. The number of ether oxygens (including phenoxy) is 12. The molecule has 1 unspecified atom stereocenters. The second-order valence-electron chi connectivity index (χ2n) is 23.3. The van der Waals surface area contributed by atoms with E-state index in [1.165, 1.54) is 27.7 Å². The molecule has 2 saturated carbocycles. The first kappa shape index (κ1) is 64.1. The highest BCUT2D eigenvalue weighted by Gasteiger charge is 2.52. The fraction of sp³-hybridized carbons (Fsp3) is 0.817. The van der Waals surface area contributed by atoms with Gasteiger partial charge in [0.2, 0.25) is 0 Å². The summed E-state index contributed by atoms with van der Waals surface area (Å²) in [6, 6.07) is 8.74. The van der Waals surface area contributed by atoms with Gasteiger partial charge in [-0.25, -0.2) is 4.79 Å². The van der Waals surface area contributed by atoms with Crippen molar-refractivity contribution in [3.8, 4) is 0 Å². The minimum absolute atomic E-state index is 0.0271. The number of carbonyl (C=O) groups excluding carboxylic acids is 5. The van der Waals surface area contributed by atoms with Crippen LogP contribution in [0.3, 0.4) is 0 Å². The highest BCUT2D eigenvalue weighted by Crippen LogP contribution is 2.45. The van der Waals surface area contributed by atoms with Crippen molar-refractivity contribution in [1.82, 2.24) is 0 Å². The molecular formula is C60H96O17. The zero-order chi connectivity index (χ0) is 57.0. The third-order valence-corrected chi connectivity index (χ3v) is 18.1. The first-order valence-corrected chi connectivity index (χ1v) is 28.7. The molecule has 17 heteroatoms. The van der Waals surface area contributed by atoms with E-state index < -0.39 is 103 Å². The van der Waals surface area contributed by atoms with Crippen molar-refractivity contribution in [1.29, 1.82) is 0 Å². The van der Waals surface area contributed by atoms with Crippen LogP contribution in [-0.2, 0) is 76.0 Å². The Balaban J connectivity index is 1.36. The van der Waals surface area contributed by atoms with Gasteiger partial charge in [-0.05, 0) is 66.9 Å². The molecule has 0 radical (unpaired) electrons. The van der Waals surface area contributed by atoms with Gasteiger partial charge in [-0.2, -0.15) is 0 Å². The normalized spacial score (nSPS) is 37.1. The van der Waals surface area contributed by atoms with E-state index in [1.807, 2.05) is 33.8 Å². The van der Waals surface area contributed by atoms with Gasteiger partial charge in [0.1, 0.15) is 31.0 Å². The highest BCUT2D eigenvalue weighted by atomic mass is 16.7. The lowest BCUT2D eigenvalue weighted by molar-refractivity contribution is -0.328. The lowest BCUT2D eigenvalue weighted by Gasteiger charge is -2.49. The number of benzene rings is 1. The van der Waals surface area contributed by atoms with Crippen LogP contribution in [-0.4, -0.2) is 137 Å². The van der Waals surface area contributed by atoms with E-state index >= 15 is 0 Å². The molecule has 0 N–H and O–H groups in total. The SMILES string of the molecule is CC[C@H]1C[C@@H](O[C@@H]2[C@@H](COC(C)=O)C[C@@H](OC[C@@H](C)[C@@H](OC)[C@H](C)[C@@H](CO[C@@H]3O[C@H](COC(C)=O)[C@@H](O[C@@H]4O[C@H](CC)[C@H](C)[C@H](C)[C@H]4C)[C@H](C)[C@H]3C)OC(=O)c3ccccc3)[C@H](OC(C)=O)[C@H]2C)C(OC(C)=O)[C@@H](C)[C@H]1C. The molecule has 1 aromatic rings. The standard InChI is InChI=1S/C60H96O17/c1-18-45-25-50(55(71-43(15)63)35(7)33(45)5)73-54-40(12)57(72-44(16)64)49(26-47(54)28-67-41(13)61)69-27-31(3)53(66-17)39(11)51(74-58(65)46-23-21-20-22-24-46)29-70-59-38(10)36(8)56(52(76-59)30-68-42(14)62)77-60-37(9)32(4)34(6)48(19-2)75-60/h20-24,31-40,45,47-57,59-60H,18-19,25-30H2,1-17H3/t31-,32+,33-,34-,35+,36-,37-,38-,39-,40+,45+,47-,48-,49-,50-,51-,52-,53-,54+,55?,56+,57-,59-,60+/m1/s1. The molecule has 24 atom stereocenters. The van der Waals surface area contributed by atoms with Crippen molar-refractivity contribution in [2.24, 2.45) is 71.0 Å². The van der Waals surface area contributed by atoms with Crippen LogP contribution in [0.5, 0.6) is 0 Å². The molecule has 1 aromatic carbocycles. The predicted octanol–water partition coefficient (Wildman–Crippen LogP) is 9.43. The molecule has 0 bridgehead atoms. The maximum atomic E-state index is 13.9. The Kier molecular flexibility index (Phi) is 24.7. The van der Waals surface area contributed by atoms with Crippen molar-refractivity contribution < 1.29 is 80.8 Å². The Hall–Kier alpha value is -3.71. The smallest absolute Gasteiger partial charge is 0.338 e. The van der Waals surface area contributed by atoms with Gasteiger partial charge in [0.05, 0.1) is 62.0 Å². The van der Waals surface area contributed by atoms with E-state index in [0.717, 1.165) is 12.8 Å². The molecule has 2 aliphatic carbocycles. The Morgan fingerprint density at radius 3 is 1.71 bits per heavy atom. The van der Waals surface area contributed by atoms with Crippen LogP contribution in [0.15, 0.2) is 30.3 Å². The molecule has 5 rings (SSSR count). The third kappa shape index (κ3) is 16.7. The van der Waals surface area contributed by atoms with Gasteiger partial charge in [-0.15, -0.1) is 0 Å². The Morgan fingerprint density at radius 2 is 1.13 bits per heavy atom. The van der Waals surface area contributed by atoms with E-state index in [-0.39, 0.29) is 74.0 Å². The maximum Gasteiger partial charge on any atom is 0.338 e. The van der Waals surface area contributed by atoms with E-state index in [4.69, 9.17) is 56.8 Å².